The minimum atomic E-state index is -4.42. The van der Waals surface area contributed by atoms with Crippen LogP contribution in [-0.4, -0.2) is 20.0 Å². The van der Waals surface area contributed by atoms with E-state index in [0.717, 1.165) is 6.07 Å². The van der Waals surface area contributed by atoms with Crippen molar-refractivity contribution in [3.63, 3.8) is 0 Å². The molecule has 0 saturated carbocycles. The fraction of sp³-hybridized carbons (Fsp3) is 0.250. The predicted octanol–water partition coefficient (Wildman–Crippen LogP) is 1.15. The maximum Gasteiger partial charge on any atom is 0.387 e. The maximum absolute atomic E-state index is 12.1. The van der Waals surface area contributed by atoms with Crippen molar-refractivity contribution in [3.8, 4) is 5.75 Å². The lowest BCUT2D eigenvalue weighted by atomic mass is 10.2. The summed E-state index contributed by atoms with van der Waals surface area (Å²) in [5.74, 6) is -0.486. The number of nitro benzene ring substituents is 1. The summed E-state index contributed by atoms with van der Waals surface area (Å²) >= 11 is 0. The molecule has 100 valence electrons. The summed E-state index contributed by atoms with van der Waals surface area (Å²) in [5.41, 5.74) is -0.800. The van der Waals surface area contributed by atoms with Crippen LogP contribution in [0.3, 0.4) is 0 Å². The van der Waals surface area contributed by atoms with Crippen molar-refractivity contribution in [2.45, 2.75) is 18.4 Å². The fourth-order valence-corrected chi connectivity index (χ4v) is 1.94. The smallest absolute Gasteiger partial charge is 0.387 e. The maximum atomic E-state index is 12.1. The highest BCUT2D eigenvalue weighted by Gasteiger charge is 2.25. The van der Waals surface area contributed by atoms with Gasteiger partial charge in [-0.05, 0) is 12.5 Å². The lowest BCUT2D eigenvalue weighted by Crippen LogP contribution is -2.15. The highest BCUT2D eigenvalue weighted by molar-refractivity contribution is 7.89. The normalized spacial score (nSPS) is 11.6. The predicted molar refractivity (Wildman–Crippen MR) is 55.8 cm³/mol. The zero-order valence-electron chi connectivity index (χ0n) is 8.96. The van der Waals surface area contributed by atoms with Crippen LogP contribution in [0.1, 0.15) is 5.56 Å². The summed E-state index contributed by atoms with van der Waals surface area (Å²) in [6.45, 7) is -1.92. The van der Waals surface area contributed by atoms with Crippen LogP contribution in [0.4, 0.5) is 14.5 Å². The van der Waals surface area contributed by atoms with Gasteiger partial charge >= 0.3 is 6.61 Å². The van der Waals surface area contributed by atoms with E-state index in [-0.39, 0.29) is 5.56 Å². The number of aryl methyl sites for hydroxylation is 1. The monoisotopic (exact) mass is 282 g/mol. The van der Waals surface area contributed by atoms with E-state index in [2.05, 4.69) is 4.74 Å². The minimum absolute atomic E-state index is 0.00519. The molecule has 1 aromatic rings. The molecule has 1 aromatic carbocycles. The van der Waals surface area contributed by atoms with Crippen LogP contribution in [0, 0.1) is 17.0 Å². The Hall–Kier alpha value is -1.81. The molecule has 0 aromatic heterocycles. The van der Waals surface area contributed by atoms with Crippen LogP contribution in [0.5, 0.6) is 5.75 Å². The van der Waals surface area contributed by atoms with Gasteiger partial charge in [-0.1, -0.05) is 0 Å². The van der Waals surface area contributed by atoms with Crippen LogP contribution in [0.2, 0.25) is 0 Å². The van der Waals surface area contributed by atoms with Gasteiger partial charge < -0.3 is 4.74 Å². The van der Waals surface area contributed by atoms with Gasteiger partial charge in [-0.15, -0.1) is 0 Å². The second-order valence-corrected chi connectivity index (χ2v) is 4.80. The molecule has 0 amide bonds. The summed E-state index contributed by atoms with van der Waals surface area (Å²) in [5, 5.41) is 15.4. The number of hydrogen-bond acceptors (Lipinski definition) is 5. The number of ether oxygens (including phenoxy) is 1. The standard InChI is InChI=1S/C8H8F2N2O5S/c1-4-2-5(12(13)14)7(18(11,15)16)3-6(4)17-8(9)10/h2-3,8H,1H3,(H2,11,15,16). The second-order valence-electron chi connectivity index (χ2n) is 3.27. The van der Waals surface area contributed by atoms with Crippen LogP contribution >= 0.6 is 0 Å². The molecule has 0 aliphatic rings. The number of nitro groups is 1. The zero-order chi connectivity index (χ0) is 14.1. The van der Waals surface area contributed by atoms with E-state index in [1.807, 2.05) is 0 Å². The average molecular weight is 282 g/mol. The summed E-state index contributed by atoms with van der Waals surface area (Å²) in [6.07, 6.45) is 0. The summed E-state index contributed by atoms with van der Waals surface area (Å²) in [6, 6.07) is 1.41. The number of nitrogens with zero attached hydrogens (tertiary/aromatic N) is 1. The molecule has 18 heavy (non-hydrogen) atoms. The van der Waals surface area contributed by atoms with Gasteiger partial charge in [0.25, 0.3) is 5.69 Å². The number of rotatable bonds is 4. The summed E-state index contributed by atoms with van der Waals surface area (Å²) in [7, 11) is -4.42. The number of nitrogens with two attached hydrogens (primary N) is 1. The first-order chi connectivity index (χ1) is 8.12. The minimum Gasteiger partial charge on any atom is -0.435 e. The van der Waals surface area contributed by atoms with Gasteiger partial charge in [-0.25, -0.2) is 13.6 Å². The van der Waals surface area contributed by atoms with Crippen molar-refractivity contribution in [3.05, 3.63) is 27.8 Å². The quantitative estimate of drug-likeness (QED) is 0.657. The Bertz CT molecular complexity index is 587. The molecule has 0 fully saturated rings. The molecule has 7 nitrogen and oxygen atoms in total. The molecular formula is C8H8F2N2O5S. The molecule has 0 aliphatic carbocycles. The summed E-state index contributed by atoms with van der Waals surface area (Å²) < 4.78 is 50.4. The largest absolute Gasteiger partial charge is 0.435 e. The van der Waals surface area contributed by atoms with Gasteiger partial charge in [0.2, 0.25) is 10.0 Å². The van der Waals surface area contributed by atoms with Crippen molar-refractivity contribution in [2.75, 3.05) is 0 Å². The first-order valence-electron chi connectivity index (χ1n) is 4.39. The van der Waals surface area contributed by atoms with Crippen molar-refractivity contribution < 1.29 is 26.9 Å². The number of halogens is 2. The Morgan fingerprint density at radius 3 is 2.39 bits per heavy atom. The molecule has 0 heterocycles. The zero-order valence-corrected chi connectivity index (χ0v) is 9.78. The van der Waals surface area contributed by atoms with E-state index in [0.29, 0.717) is 6.07 Å². The molecule has 2 N–H and O–H groups in total. The molecule has 1 rings (SSSR count). The Balaban J connectivity index is 3.51. The van der Waals surface area contributed by atoms with Crippen LogP contribution < -0.4 is 9.88 Å². The lowest BCUT2D eigenvalue weighted by molar-refractivity contribution is -0.387. The van der Waals surface area contributed by atoms with Crippen LogP contribution in [0.15, 0.2) is 17.0 Å². The summed E-state index contributed by atoms with van der Waals surface area (Å²) in [4.78, 5) is 8.80. The van der Waals surface area contributed by atoms with Crippen molar-refractivity contribution in [2.24, 2.45) is 5.14 Å². The number of alkyl halides is 2. The molecule has 10 heteroatoms. The Morgan fingerprint density at radius 2 is 2.00 bits per heavy atom. The third kappa shape index (κ3) is 3.11. The molecule has 0 spiro atoms. The van der Waals surface area contributed by atoms with E-state index < -0.39 is 37.9 Å². The SMILES string of the molecule is Cc1cc([N+](=O)[O-])c(S(N)(=O)=O)cc1OC(F)F. The fourth-order valence-electron chi connectivity index (χ4n) is 1.25. The number of benzene rings is 1. The molecule has 0 aliphatic heterocycles. The molecular weight excluding hydrogens is 274 g/mol. The molecule has 0 saturated heterocycles. The van der Waals surface area contributed by atoms with E-state index in [4.69, 9.17) is 5.14 Å². The Labute approximate surface area is 100 Å². The topological polar surface area (TPSA) is 113 Å². The molecule has 0 atom stereocenters. The van der Waals surface area contributed by atoms with E-state index in [1.165, 1.54) is 6.92 Å². The number of primary sulfonamides is 1. The highest BCUT2D eigenvalue weighted by atomic mass is 32.2. The van der Waals surface area contributed by atoms with E-state index in [9.17, 15) is 27.3 Å². The molecule has 0 bridgehead atoms. The van der Waals surface area contributed by atoms with Gasteiger partial charge in [-0.2, -0.15) is 8.78 Å². The van der Waals surface area contributed by atoms with Crippen molar-refractivity contribution in [1.29, 1.82) is 0 Å². The van der Waals surface area contributed by atoms with Crippen LogP contribution in [-0.2, 0) is 10.0 Å². The van der Waals surface area contributed by atoms with E-state index in [1.54, 1.807) is 0 Å². The average Bonchev–Trinajstić information content (AvgIpc) is 2.17. The van der Waals surface area contributed by atoms with Crippen LogP contribution in [0.25, 0.3) is 0 Å². The Morgan fingerprint density at radius 1 is 1.44 bits per heavy atom. The van der Waals surface area contributed by atoms with Gasteiger partial charge in [0.1, 0.15) is 5.75 Å². The third-order valence-electron chi connectivity index (χ3n) is 1.98. The number of hydrogen-bond donors (Lipinski definition) is 1. The second kappa shape index (κ2) is 4.82. The van der Waals surface area contributed by atoms with Crippen molar-refractivity contribution >= 4 is 15.7 Å². The van der Waals surface area contributed by atoms with Gasteiger partial charge in [0.15, 0.2) is 4.90 Å². The number of sulfonamides is 1. The van der Waals surface area contributed by atoms with E-state index >= 15 is 0 Å². The molecule has 0 unspecified atom stereocenters. The molecule has 0 radical (unpaired) electrons. The third-order valence-corrected chi connectivity index (χ3v) is 2.92. The van der Waals surface area contributed by atoms with Crippen molar-refractivity contribution in [1.82, 2.24) is 0 Å². The van der Waals surface area contributed by atoms with Gasteiger partial charge in [0, 0.05) is 12.1 Å². The van der Waals surface area contributed by atoms with Gasteiger partial charge in [-0.3, -0.25) is 10.1 Å². The lowest BCUT2D eigenvalue weighted by Gasteiger charge is -2.09. The van der Waals surface area contributed by atoms with Gasteiger partial charge in [0.05, 0.1) is 4.92 Å². The Kier molecular flexibility index (Phi) is 3.82. The first-order valence-corrected chi connectivity index (χ1v) is 5.94. The first kappa shape index (κ1) is 14.3. The highest BCUT2D eigenvalue weighted by Crippen LogP contribution is 2.31.